The van der Waals surface area contributed by atoms with E-state index < -0.39 is 6.09 Å². The van der Waals surface area contributed by atoms with Crippen molar-refractivity contribution in [1.29, 1.82) is 0 Å². The Balaban J connectivity index is 2.25. The van der Waals surface area contributed by atoms with Crippen molar-refractivity contribution >= 4 is 11.8 Å². The van der Waals surface area contributed by atoms with Crippen molar-refractivity contribution in [3.8, 4) is 0 Å². The zero-order chi connectivity index (χ0) is 10.4. The van der Waals surface area contributed by atoms with Crippen LogP contribution in [0.15, 0.2) is 24.3 Å². The van der Waals surface area contributed by atoms with Crippen LogP contribution < -0.4 is 11.5 Å². The standard InChI is InChI=1S/C10H14N2O2/c11-9-5-3-8(4-6-9)2-1-7-14-10(12)13/h3-6H,1-2,7,11H2,(H2,12,13). The summed E-state index contributed by atoms with van der Waals surface area (Å²) in [7, 11) is 0. The van der Waals surface area contributed by atoms with Crippen molar-refractivity contribution in [2.75, 3.05) is 12.3 Å². The molecule has 1 aromatic carbocycles. The highest BCUT2D eigenvalue weighted by atomic mass is 16.5. The van der Waals surface area contributed by atoms with Crippen molar-refractivity contribution in [3.05, 3.63) is 29.8 Å². The summed E-state index contributed by atoms with van der Waals surface area (Å²) in [6.07, 6.45) is 0.905. The van der Waals surface area contributed by atoms with Crippen LogP contribution in [0.1, 0.15) is 12.0 Å². The van der Waals surface area contributed by atoms with Crippen LogP contribution in [0.25, 0.3) is 0 Å². The van der Waals surface area contributed by atoms with Crippen LogP contribution in [-0.4, -0.2) is 12.7 Å². The third-order valence-electron chi connectivity index (χ3n) is 1.83. The van der Waals surface area contributed by atoms with E-state index in [9.17, 15) is 4.79 Å². The fourth-order valence-corrected chi connectivity index (χ4v) is 1.13. The predicted molar refractivity (Wildman–Crippen MR) is 54.7 cm³/mol. The Labute approximate surface area is 82.8 Å². The lowest BCUT2D eigenvalue weighted by atomic mass is 10.1. The summed E-state index contributed by atoms with van der Waals surface area (Å²) in [5, 5.41) is 0. The van der Waals surface area contributed by atoms with Gasteiger partial charge in [0.05, 0.1) is 6.61 Å². The molecule has 1 amide bonds. The quantitative estimate of drug-likeness (QED) is 0.560. The lowest BCUT2D eigenvalue weighted by molar-refractivity contribution is 0.155. The second kappa shape index (κ2) is 5.11. The molecular formula is C10H14N2O2. The van der Waals surface area contributed by atoms with Gasteiger partial charge in [0.15, 0.2) is 0 Å². The molecule has 0 heterocycles. The van der Waals surface area contributed by atoms with Gasteiger partial charge in [-0.15, -0.1) is 0 Å². The number of ether oxygens (including phenoxy) is 1. The Morgan fingerprint density at radius 2 is 1.93 bits per heavy atom. The van der Waals surface area contributed by atoms with Crippen LogP contribution in [0.4, 0.5) is 10.5 Å². The minimum Gasteiger partial charge on any atom is -0.450 e. The van der Waals surface area contributed by atoms with Gasteiger partial charge in [-0.1, -0.05) is 12.1 Å². The first-order valence-electron chi connectivity index (χ1n) is 4.45. The zero-order valence-corrected chi connectivity index (χ0v) is 7.90. The number of carbonyl (C=O) groups is 1. The highest BCUT2D eigenvalue weighted by Gasteiger charge is 1.95. The number of benzene rings is 1. The Hall–Kier alpha value is -1.71. The summed E-state index contributed by atoms with van der Waals surface area (Å²) in [5.74, 6) is 0. The maximum Gasteiger partial charge on any atom is 0.404 e. The average molecular weight is 194 g/mol. The van der Waals surface area contributed by atoms with E-state index in [0.717, 1.165) is 18.5 Å². The summed E-state index contributed by atoms with van der Waals surface area (Å²) >= 11 is 0. The second-order valence-electron chi connectivity index (χ2n) is 3.01. The first-order chi connectivity index (χ1) is 6.68. The topological polar surface area (TPSA) is 78.3 Å². The van der Waals surface area contributed by atoms with Gasteiger partial charge in [0.2, 0.25) is 0 Å². The summed E-state index contributed by atoms with van der Waals surface area (Å²) < 4.78 is 4.60. The minimum absolute atomic E-state index is 0.361. The molecule has 0 saturated carbocycles. The van der Waals surface area contributed by atoms with Crippen molar-refractivity contribution in [2.24, 2.45) is 5.73 Å². The van der Waals surface area contributed by atoms with E-state index in [4.69, 9.17) is 11.5 Å². The van der Waals surface area contributed by atoms with Gasteiger partial charge >= 0.3 is 6.09 Å². The first-order valence-corrected chi connectivity index (χ1v) is 4.45. The van der Waals surface area contributed by atoms with E-state index in [1.807, 2.05) is 24.3 Å². The second-order valence-corrected chi connectivity index (χ2v) is 3.01. The third-order valence-corrected chi connectivity index (χ3v) is 1.83. The number of nitrogen functional groups attached to an aromatic ring is 1. The Morgan fingerprint density at radius 3 is 2.50 bits per heavy atom. The predicted octanol–water partition coefficient (Wildman–Crippen LogP) is 1.30. The third kappa shape index (κ3) is 3.80. The molecule has 0 aliphatic rings. The highest BCUT2D eigenvalue weighted by Crippen LogP contribution is 2.07. The van der Waals surface area contributed by atoms with Gasteiger partial charge in [-0.2, -0.15) is 0 Å². The number of anilines is 1. The number of carbonyl (C=O) groups excluding carboxylic acids is 1. The molecule has 0 atom stereocenters. The Kier molecular flexibility index (Phi) is 3.79. The number of nitrogens with two attached hydrogens (primary N) is 2. The van der Waals surface area contributed by atoms with E-state index in [1.54, 1.807) is 0 Å². The molecule has 4 N–H and O–H groups in total. The molecule has 0 aromatic heterocycles. The van der Waals surface area contributed by atoms with Gasteiger partial charge in [0.25, 0.3) is 0 Å². The van der Waals surface area contributed by atoms with Crippen LogP contribution in [0.5, 0.6) is 0 Å². The van der Waals surface area contributed by atoms with Gasteiger partial charge in [0.1, 0.15) is 0 Å². The van der Waals surface area contributed by atoms with E-state index in [0.29, 0.717) is 6.61 Å². The maximum absolute atomic E-state index is 10.2. The highest BCUT2D eigenvalue weighted by molar-refractivity contribution is 5.64. The molecule has 0 saturated heterocycles. The Bertz CT molecular complexity index is 295. The molecule has 1 aromatic rings. The summed E-state index contributed by atoms with van der Waals surface area (Å²) in [4.78, 5) is 10.2. The van der Waals surface area contributed by atoms with Crippen molar-refractivity contribution in [1.82, 2.24) is 0 Å². The van der Waals surface area contributed by atoms with E-state index >= 15 is 0 Å². The maximum atomic E-state index is 10.2. The summed E-state index contributed by atoms with van der Waals surface area (Å²) in [6.45, 7) is 0.361. The molecule has 4 nitrogen and oxygen atoms in total. The van der Waals surface area contributed by atoms with Gasteiger partial charge in [0, 0.05) is 5.69 Å². The number of primary amides is 1. The van der Waals surface area contributed by atoms with Crippen molar-refractivity contribution in [2.45, 2.75) is 12.8 Å². The SMILES string of the molecule is NC(=O)OCCCc1ccc(N)cc1. The van der Waals surface area contributed by atoms with Crippen LogP contribution in [0.3, 0.4) is 0 Å². The molecule has 0 aliphatic heterocycles. The molecular weight excluding hydrogens is 180 g/mol. The van der Waals surface area contributed by atoms with Gasteiger partial charge in [-0.05, 0) is 30.5 Å². The largest absolute Gasteiger partial charge is 0.450 e. The smallest absolute Gasteiger partial charge is 0.404 e. The molecule has 1 rings (SSSR count). The normalized spacial score (nSPS) is 9.71. The van der Waals surface area contributed by atoms with Gasteiger partial charge in [-0.3, -0.25) is 0 Å². The van der Waals surface area contributed by atoms with Gasteiger partial charge < -0.3 is 16.2 Å². The van der Waals surface area contributed by atoms with E-state index in [1.165, 1.54) is 5.56 Å². The molecule has 76 valence electrons. The molecule has 0 unspecified atom stereocenters. The number of hydrogen-bond donors (Lipinski definition) is 2. The number of aryl methyl sites for hydroxylation is 1. The molecule has 0 aliphatic carbocycles. The van der Waals surface area contributed by atoms with E-state index in [2.05, 4.69) is 4.74 Å². The summed E-state index contributed by atoms with van der Waals surface area (Å²) in [6, 6.07) is 7.62. The molecule has 0 spiro atoms. The lowest BCUT2D eigenvalue weighted by Crippen LogP contribution is -2.13. The number of rotatable bonds is 4. The van der Waals surface area contributed by atoms with Crippen molar-refractivity contribution < 1.29 is 9.53 Å². The van der Waals surface area contributed by atoms with Crippen LogP contribution in [0, 0.1) is 0 Å². The average Bonchev–Trinajstić information content (AvgIpc) is 2.15. The molecule has 0 bridgehead atoms. The lowest BCUT2D eigenvalue weighted by Gasteiger charge is -2.02. The first kappa shape index (κ1) is 10.4. The fraction of sp³-hybridized carbons (Fsp3) is 0.300. The minimum atomic E-state index is -0.720. The summed E-state index contributed by atoms with van der Waals surface area (Å²) in [5.41, 5.74) is 12.3. The Morgan fingerprint density at radius 1 is 1.29 bits per heavy atom. The zero-order valence-electron chi connectivity index (χ0n) is 7.90. The monoisotopic (exact) mass is 194 g/mol. The number of hydrogen-bond acceptors (Lipinski definition) is 3. The fourth-order valence-electron chi connectivity index (χ4n) is 1.13. The van der Waals surface area contributed by atoms with Crippen LogP contribution in [0.2, 0.25) is 0 Å². The van der Waals surface area contributed by atoms with Crippen molar-refractivity contribution in [3.63, 3.8) is 0 Å². The molecule has 4 heteroatoms. The van der Waals surface area contributed by atoms with Gasteiger partial charge in [-0.25, -0.2) is 4.79 Å². The number of amides is 1. The van der Waals surface area contributed by atoms with Crippen LogP contribution in [-0.2, 0) is 11.2 Å². The van der Waals surface area contributed by atoms with E-state index in [-0.39, 0.29) is 0 Å². The molecule has 14 heavy (non-hydrogen) atoms. The van der Waals surface area contributed by atoms with Crippen LogP contribution >= 0.6 is 0 Å². The molecule has 0 radical (unpaired) electrons. The molecule has 0 fully saturated rings.